The molecule has 7 heteroatoms. The Hall–Kier alpha value is -1.37. The van der Waals surface area contributed by atoms with Crippen molar-refractivity contribution in [3.8, 4) is 0 Å². The van der Waals surface area contributed by atoms with Crippen molar-refractivity contribution < 1.29 is 23.9 Å². The van der Waals surface area contributed by atoms with Crippen molar-refractivity contribution in [3.63, 3.8) is 0 Å². The van der Waals surface area contributed by atoms with Gasteiger partial charge in [0.1, 0.15) is 0 Å². The zero-order chi connectivity index (χ0) is 17.6. The highest BCUT2D eigenvalue weighted by molar-refractivity contribution is 9.11. The van der Waals surface area contributed by atoms with Gasteiger partial charge in [0.15, 0.2) is 5.92 Å². The first-order valence-corrected chi connectivity index (χ1v) is 8.63. The summed E-state index contributed by atoms with van der Waals surface area (Å²) < 4.78 is 10.9. The summed E-state index contributed by atoms with van der Waals surface area (Å²) in [6, 6.07) is 0. The molecule has 0 bridgehead atoms. The van der Waals surface area contributed by atoms with Gasteiger partial charge in [-0.25, -0.2) is 0 Å². The highest BCUT2D eigenvalue weighted by atomic mass is 79.9. The lowest BCUT2D eigenvalue weighted by Gasteiger charge is -2.20. The van der Waals surface area contributed by atoms with Gasteiger partial charge in [0, 0.05) is 13.6 Å². The van der Waals surface area contributed by atoms with E-state index >= 15 is 0 Å². The molecule has 0 saturated carbocycles. The van der Waals surface area contributed by atoms with Crippen molar-refractivity contribution in [1.29, 1.82) is 0 Å². The molecule has 1 fully saturated rings. The van der Waals surface area contributed by atoms with Crippen LogP contribution in [-0.2, 0) is 23.9 Å². The molecule has 1 saturated heterocycles. The lowest BCUT2D eigenvalue weighted by Crippen LogP contribution is -2.39. The summed E-state index contributed by atoms with van der Waals surface area (Å²) in [4.78, 5) is 38.6. The van der Waals surface area contributed by atoms with Crippen LogP contribution >= 0.6 is 15.9 Å². The molecule has 0 aromatic carbocycles. The van der Waals surface area contributed by atoms with Gasteiger partial charge >= 0.3 is 11.9 Å². The van der Waals surface area contributed by atoms with E-state index in [2.05, 4.69) is 15.9 Å². The number of likely N-dealkylation sites (tertiary alicyclic amines) is 1. The summed E-state index contributed by atoms with van der Waals surface area (Å²) in [5.74, 6) is -3.81. The summed E-state index contributed by atoms with van der Waals surface area (Å²) in [6.45, 7) is 6.01. The third-order valence-corrected chi connectivity index (χ3v) is 4.56. The fraction of sp³-hybridized carbons (Fsp3) is 0.688. The van der Waals surface area contributed by atoms with Crippen LogP contribution in [0.3, 0.4) is 0 Å². The van der Waals surface area contributed by atoms with Gasteiger partial charge in [-0.05, 0) is 30.3 Å². The van der Waals surface area contributed by atoms with Gasteiger partial charge in [-0.15, -0.1) is 0 Å². The molecule has 1 amide bonds. The van der Waals surface area contributed by atoms with Crippen LogP contribution < -0.4 is 0 Å². The predicted octanol–water partition coefficient (Wildman–Crippen LogP) is 2.27. The second-order valence-electron chi connectivity index (χ2n) is 5.33. The van der Waals surface area contributed by atoms with Crippen LogP contribution in [-0.4, -0.2) is 49.6 Å². The maximum atomic E-state index is 12.5. The molecule has 0 radical (unpaired) electrons. The molecular weight excluding hydrogens is 366 g/mol. The van der Waals surface area contributed by atoms with E-state index in [1.165, 1.54) is 4.90 Å². The molecule has 1 heterocycles. The molecule has 0 spiro atoms. The number of carbonyl (C=O) groups excluding carboxylic acids is 3. The van der Waals surface area contributed by atoms with E-state index in [-0.39, 0.29) is 19.1 Å². The minimum absolute atomic E-state index is 0.140. The minimum atomic E-state index is -1.26. The third kappa shape index (κ3) is 4.56. The molecule has 1 rings (SSSR count). The maximum absolute atomic E-state index is 12.5. The quantitative estimate of drug-likeness (QED) is 0.493. The summed E-state index contributed by atoms with van der Waals surface area (Å²) in [5.41, 5.74) is 0.755. The fourth-order valence-electron chi connectivity index (χ4n) is 2.63. The van der Waals surface area contributed by atoms with Crippen LogP contribution in [0, 0.1) is 11.8 Å². The molecule has 0 aromatic rings. The maximum Gasteiger partial charge on any atom is 0.321 e. The largest absolute Gasteiger partial charge is 0.465 e. The minimum Gasteiger partial charge on any atom is -0.465 e. The van der Waals surface area contributed by atoms with Crippen LogP contribution in [0.1, 0.15) is 33.6 Å². The van der Waals surface area contributed by atoms with Crippen LogP contribution in [0.5, 0.6) is 0 Å². The molecule has 0 aromatic heterocycles. The number of carbonyl (C=O) groups is 3. The van der Waals surface area contributed by atoms with Gasteiger partial charge in [0.05, 0.1) is 19.1 Å². The number of hydrogen-bond acceptors (Lipinski definition) is 5. The van der Waals surface area contributed by atoms with Gasteiger partial charge in [-0.3, -0.25) is 14.4 Å². The lowest BCUT2D eigenvalue weighted by atomic mass is 9.86. The average molecular weight is 390 g/mol. The second-order valence-corrected chi connectivity index (χ2v) is 6.29. The molecular formula is C16H24BrNO5. The molecule has 1 aliphatic rings. The smallest absolute Gasteiger partial charge is 0.321 e. The predicted molar refractivity (Wildman–Crippen MR) is 88.7 cm³/mol. The standard InChI is InChI=1S/C16H24BrNO5/c1-5-8-11(17)10-9-18(4)14(19)12(10)13(15(20)22-6-2)16(21)23-7-3/h12-13H,5-9H2,1-4H3/b11-10+. The van der Waals surface area contributed by atoms with E-state index in [4.69, 9.17) is 9.47 Å². The van der Waals surface area contributed by atoms with Crippen LogP contribution in [0.15, 0.2) is 10.1 Å². The van der Waals surface area contributed by atoms with E-state index in [1.807, 2.05) is 6.92 Å². The van der Waals surface area contributed by atoms with E-state index in [9.17, 15) is 14.4 Å². The Morgan fingerprint density at radius 2 is 1.74 bits per heavy atom. The second kappa shape index (κ2) is 9.05. The molecule has 23 heavy (non-hydrogen) atoms. The summed E-state index contributed by atoms with van der Waals surface area (Å²) >= 11 is 3.50. The number of allylic oxidation sites excluding steroid dienone is 1. The van der Waals surface area contributed by atoms with Crippen molar-refractivity contribution in [2.24, 2.45) is 11.8 Å². The SMILES string of the molecule is CCC/C(Br)=C1/CN(C)C(=O)C1C(C(=O)OCC)C(=O)OCC. The highest BCUT2D eigenvalue weighted by Crippen LogP contribution is 2.36. The Kier molecular flexibility index (Phi) is 7.75. The lowest BCUT2D eigenvalue weighted by molar-refractivity contribution is -0.165. The number of likely N-dealkylation sites (N-methyl/N-ethyl adjacent to an activating group) is 1. The van der Waals surface area contributed by atoms with Crippen LogP contribution in [0.4, 0.5) is 0 Å². The van der Waals surface area contributed by atoms with Crippen molar-refractivity contribution in [1.82, 2.24) is 4.90 Å². The van der Waals surface area contributed by atoms with Gasteiger partial charge in [0.2, 0.25) is 5.91 Å². The first kappa shape index (κ1) is 19.7. The molecule has 0 aliphatic carbocycles. The van der Waals surface area contributed by atoms with Gasteiger partial charge in [-0.1, -0.05) is 29.3 Å². The van der Waals surface area contributed by atoms with E-state index < -0.39 is 23.8 Å². The van der Waals surface area contributed by atoms with Gasteiger partial charge in [-0.2, -0.15) is 0 Å². The Morgan fingerprint density at radius 3 is 2.17 bits per heavy atom. The molecule has 6 nitrogen and oxygen atoms in total. The first-order valence-electron chi connectivity index (χ1n) is 7.84. The van der Waals surface area contributed by atoms with Gasteiger partial charge < -0.3 is 14.4 Å². The number of rotatable bonds is 7. The molecule has 1 aliphatic heterocycles. The van der Waals surface area contributed by atoms with Crippen molar-refractivity contribution in [2.75, 3.05) is 26.8 Å². The number of nitrogens with zero attached hydrogens (tertiary/aromatic N) is 1. The van der Waals surface area contributed by atoms with E-state index in [0.29, 0.717) is 6.54 Å². The number of halogens is 1. The highest BCUT2D eigenvalue weighted by Gasteiger charge is 2.48. The van der Waals surface area contributed by atoms with E-state index in [0.717, 1.165) is 22.9 Å². The molecule has 130 valence electrons. The monoisotopic (exact) mass is 389 g/mol. The van der Waals surface area contributed by atoms with Gasteiger partial charge in [0.25, 0.3) is 0 Å². The summed E-state index contributed by atoms with van der Waals surface area (Å²) in [7, 11) is 1.65. The van der Waals surface area contributed by atoms with Crippen molar-refractivity contribution >= 4 is 33.8 Å². The molecule has 1 unspecified atom stereocenters. The zero-order valence-corrected chi connectivity index (χ0v) is 15.6. The third-order valence-electron chi connectivity index (χ3n) is 3.66. The topological polar surface area (TPSA) is 72.9 Å². The van der Waals surface area contributed by atoms with Crippen LogP contribution in [0.2, 0.25) is 0 Å². The van der Waals surface area contributed by atoms with Crippen LogP contribution in [0.25, 0.3) is 0 Å². The number of amides is 1. The average Bonchev–Trinajstić information content (AvgIpc) is 2.77. The first-order chi connectivity index (χ1) is 10.9. The van der Waals surface area contributed by atoms with Crippen molar-refractivity contribution in [3.05, 3.63) is 10.1 Å². The Morgan fingerprint density at radius 1 is 1.22 bits per heavy atom. The summed E-state index contributed by atoms with van der Waals surface area (Å²) in [6.07, 6.45) is 1.63. The Balaban J connectivity index is 3.28. The number of ether oxygens (including phenoxy) is 2. The Bertz CT molecular complexity index is 485. The Labute approximate surface area is 145 Å². The fourth-order valence-corrected chi connectivity index (χ4v) is 3.40. The normalized spacial score (nSPS) is 20.0. The zero-order valence-electron chi connectivity index (χ0n) is 14.1. The summed E-state index contributed by atoms with van der Waals surface area (Å²) in [5, 5.41) is 0. The van der Waals surface area contributed by atoms with E-state index in [1.54, 1.807) is 20.9 Å². The molecule has 1 atom stereocenters. The molecule has 0 N–H and O–H groups in total. The number of hydrogen-bond donors (Lipinski definition) is 0. The van der Waals surface area contributed by atoms with Crippen molar-refractivity contribution in [2.45, 2.75) is 33.6 Å². The number of esters is 2.